The van der Waals surface area contributed by atoms with Gasteiger partial charge in [0.2, 0.25) is 0 Å². The fourth-order valence-electron chi connectivity index (χ4n) is 0.799. The molecule has 0 unspecified atom stereocenters. The van der Waals surface area contributed by atoms with Gasteiger partial charge in [-0.25, -0.2) is 0 Å². The van der Waals surface area contributed by atoms with Crippen LogP contribution < -0.4 is 0 Å². The number of rotatable bonds is 0. The third kappa shape index (κ3) is 2.22. The Morgan fingerprint density at radius 3 is 2.25 bits per heavy atom. The molecule has 0 aromatic heterocycles. The van der Waals surface area contributed by atoms with E-state index in [1.54, 1.807) is 6.92 Å². The van der Waals surface area contributed by atoms with Crippen LogP contribution in [0.15, 0.2) is 34.1 Å². The monoisotopic (exact) mass is 213 g/mol. The van der Waals surface area contributed by atoms with Crippen molar-refractivity contribution in [1.82, 2.24) is 0 Å². The van der Waals surface area contributed by atoms with Crippen LogP contribution in [-0.4, -0.2) is 11.4 Å². The van der Waals surface area contributed by atoms with E-state index in [-0.39, 0.29) is 17.1 Å². The van der Waals surface area contributed by atoms with E-state index in [0.717, 1.165) is 0 Å². The molecule has 0 atom stereocenters. The molecule has 0 N–H and O–H groups in total. The molecule has 0 saturated heterocycles. The predicted octanol–water partition coefficient (Wildman–Crippen LogP) is 1.38. The molecule has 1 rings (SSSR count). The number of hydrogen-bond acceptors (Lipinski definition) is 4. The summed E-state index contributed by atoms with van der Waals surface area (Å²) in [6, 6.07) is 0. The zero-order valence-electron chi connectivity index (χ0n) is 6.24. The summed E-state index contributed by atoms with van der Waals surface area (Å²) in [7, 11) is 0. The van der Waals surface area contributed by atoms with Gasteiger partial charge in [0.1, 0.15) is 0 Å². The predicted molar refractivity (Wildman–Crippen MR) is 44.5 cm³/mol. The molecule has 5 heteroatoms. The van der Waals surface area contributed by atoms with Crippen molar-refractivity contribution in [3.8, 4) is 0 Å². The van der Waals surface area contributed by atoms with Crippen molar-refractivity contribution in [3.05, 3.63) is 34.2 Å². The first-order chi connectivity index (χ1) is 5.27. The maximum atomic E-state index is 10.1. The Kier molecular flexibility index (Phi) is 4.32. The molecule has 0 aromatic rings. The smallest absolute Gasteiger partial charge is 0.792 e. The molecule has 1 aliphatic carbocycles. The molecular weight excluding hydrogens is 208 g/mol. The van der Waals surface area contributed by atoms with Gasteiger partial charge in [0.15, 0.2) is 0 Å². The zero-order valence-corrected chi connectivity index (χ0v) is 7.19. The van der Waals surface area contributed by atoms with Crippen LogP contribution >= 0.6 is 0 Å². The summed E-state index contributed by atoms with van der Waals surface area (Å²) >= 11 is 0. The maximum absolute atomic E-state index is 10.1. The van der Waals surface area contributed by atoms with Gasteiger partial charge in [0.05, 0.1) is 11.4 Å². The van der Waals surface area contributed by atoms with E-state index < -0.39 is 0 Å². The summed E-state index contributed by atoms with van der Waals surface area (Å²) in [6.45, 7) is 1.70. The molecule has 0 heterocycles. The number of hydrogen-bond donors (Lipinski definition) is 0. The molecule has 67 valence electrons. The van der Waals surface area contributed by atoms with Crippen LogP contribution in [-0.2, 0) is 17.1 Å². The van der Waals surface area contributed by atoms with Gasteiger partial charge < -0.3 is 20.7 Å². The van der Waals surface area contributed by atoms with Crippen LogP contribution in [0.2, 0.25) is 0 Å². The molecule has 12 heavy (non-hydrogen) atoms. The van der Waals surface area contributed by atoms with Crippen LogP contribution in [0.25, 0.3) is 0 Å². The topological polar surface area (TPSA) is 70.8 Å². The SMILES string of the molecule is CC1=CC(=N/[O-])/C=CC/1=N/[O-].[Cu+2]. The van der Waals surface area contributed by atoms with Crippen molar-refractivity contribution >= 4 is 11.4 Å². The van der Waals surface area contributed by atoms with Crippen molar-refractivity contribution in [2.45, 2.75) is 6.92 Å². The minimum absolute atomic E-state index is 0. The van der Waals surface area contributed by atoms with E-state index in [4.69, 9.17) is 0 Å². The quantitative estimate of drug-likeness (QED) is 0.347. The molecule has 0 spiro atoms. The van der Waals surface area contributed by atoms with Gasteiger partial charge in [-0.1, -0.05) is 0 Å². The van der Waals surface area contributed by atoms with E-state index in [1.165, 1.54) is 18.2 Å². The molecule has 1 aliphatic rings. The third-order valence-corrected chi connectivity index (χ3v) is 1.38. The zero-order chi connectivity index (χ0) is 8.27. The maximum Gasteiger partial charge on any atom is 2.00 e. The Morgan fingerprint density at radius 2 is 1.83 bits per heavy atom. The summed E-state index contributed by atoms with van der Waals surface area (Å²) in [6.07, 6.45) is 4.44. The second kappa shape index (κ2) is 4.74. The standard InChI is InChI=1S/C7H8N2O2.Cu/c1-5-4-6(8-10)2-3-7(5)9-11;/h2-4,10-11H,1H3;/q;+2/p-2/b8-6+,9-7-;. The first-order valence-corrected chi connectivity index (χ1v) is 3.05. The van der Waals surface area contributed by atoms with Crippen molar-refractivity contribution in [2.75, 3.05) is 0 Å². The molecule has 0 saturated carbocycles. The first-order valence-electron chi connectivity index (χ1n) is 3.05. The molecule has 4 nitrogen and oxygen atoms in total. The molecule has 0 amide bonds. The van der Waals surface area contributed by atoms with Crippen molar-refractivity contribution in [1.29, 1.82) is 0 Å². The number of nitrogens with zero attached hydrogens (tertiary/aromatic N) is 2. The molecule has 0 aromatic carbocycles. The summed E-state index contributed by atoms with van der Waals surface area (Å²) < 4.78 is 0. The average molecular weight is 214 g/mol. The third-order valence-electron chi connectivity index (χ3n) is 1.38. The van der Waals surface area contributed by atoms with Crippen LogP contribution in [0.5, 0.6) is 0 Å². The minimum Gasteiger partial charge on any atom is -0.792 e. The van der Waals surface area contributed by atoms with Crippen molar-refractivity contribution < 1.29 is 17.1 Å². The van der Waals surface area contributed by atoms with Crippen molar-refractivity contribution in [2.24, 2.45) is 10.3 Å². The van der Waals surface area contributed by atoms with E-state index in [2.05, 4.69) is 10.3 Å². The average Bonchev–Trinajstić information content (AvgIpc) is 2.04. The summed E-state index contributed by atoms with van der Waals surface area (Å²) in [5.41, 5.74) is 1.32. The van der Waals surface area contributed by atoms with E-state index >= 15 is 0 Å². The van der Waals surface area contributed by atoms with E-state index in [1.807, 2.05) is 0 Å². The van der Waals surface area contributed by atoms with Gasteiger partial charge in [-0.2, -0.15) is 0 Å². The summed E-state index contributed by atoms with van der Waals surface area (Å²) in [5, 5.41) is 25.5. The Balaban J connectivity index is 0.00000121. The van der Waals surface area contributed by atoms with Gasteiger partial charge in [0.25, 0.3) is 0 Å². The van der Waals surface area contributed by atoms with Crippen LogP contribution in [0, 0.1) is 10.4 Å². The van der Waals surface area contributed by atoms with E-state index in [0.29, 0.717) is 17.0 Å². The molecular formula is C7H6CuN2O2. The van der Waals surface area contributed by atoms with Crippen molar-refractivity contribution in [3.63, 3.8) is 0 Å². The fraction of sp³-hybridized carbons (Fsp3) is 0.143. The van der Waals surface area contributed by atoms with Gasteiger partial charge in [-0.05, 0) is 30.7 Å². The Bertz CT molecular complexity index is 279. The van der Waals surface area contributed by atoms with E-state index in [9.17, 15) is 10.4 Å². The van der Waals surface area contributed by atoms with Crippen LogP contribution in [0.1, 0.15) is 6.92 Å². The largest absolute Gasteiger partial charge is 2.00 e. The number of allylic oxidation sites excluding steroid dienone is 4. The fourth-order valence-corrected chi connectivity index (χ4v) is 0.799. The van der Waals surface area contributed by atoms with Gasteiger partial charge >= 0.3 is 17.1 Å². The minimum atomic E-state index is 0. The van der Waals surface area contributed by atoms with Crippen LogP contribution in [0.3, 0.4) is 0 Å². The van der Waals surface area contributed by atoms with Crippen LogP contribution in [0.4, 0.5) is 0 Å². The van der Waals surface area contributed by atoms with Gasteiger partial charge in [-0.3, -0.25) is 0 Å². The van der Waals surface area contributed by atoms with Gasteiger partial charge in [-0.15, -0.1) is 0 Å². The normalized spacial score (nSPS) is 22.2. The second-order valence-electron chi connectivity index (χ2n) is 2.15. The molecule has 1 radical (unpaired) electrons. The molecule has 0 aliphatic heterocycles. The molecule has 0 fully saturated rings. The first kappa shape index (κ1) is 10.9. The Labute approximate surface area is 80.4 Å². The Morgan fingerprint density at radius 1 is 1.17 bits per heavy atom. The summed E-state index contributed by atoms with van der Waals surface area (Å²) in [4.78, 5) is 0. The Hall–Kier alpha value is -1.06. The second-order valence-corrected chi connectivity index (χ2v) is 2.15. The molecule has 0 bridgehead atoms. The van der Waals surface area contributed by atoms with Gasteiger partial charge in [0, 0.05) is 0 Å². The summed E-state index contributed by atoms with van der Waals surface area (Å²) in [5.74, 6) is 0.